The second kappa shape index (κ2) is 10.3. The Hall–Kier alpha value is -3.02. The summed E-state index contributed by atoms with van der Waals surface area (Å²) >= 11 is 5.71. The Morgan fingerprint density at radius 2 is 1.81 bits per heavy atom. The van der Waals surface area contributed by atoms with Crippen LogP contribution in [0.25, 0.3) is 0 Å². The van der Waals surface area contributed by atoms with E-state index in [0.717, 1.165) is 6.07 Å². The third-order valence-corrected chi connectivity index (χ3v) is 5.80. The highest BCUT2D eigenvalue weighted by molar-refractivity contribution is 7.89. The monoisotopic (exact) mass is 469 g/mol. The Kier molecular flexibility index (Phi) is 8.08. The average molecular weight is 470 g/mol. The number of anilines is 1. The van der Waals surface area contributed by atoms with Crippen LogP contribution in [0.2, 0.25) is 5.02 Å². The van der Waals surface area contributed by atoms with Gasteiger partial charge in [0.2, 0.25) is 10.0 Å². The summed E-state index contributed by atoms with van der Waals surface area (Å²) in [5.74, 6) is -2.17. The lowest BCUT2D eigenvalue weighted by atomic mass is 10.1. The van der Waals surface area contributed by atoms with Crippen molar-refractivity contribution in [3.05, 3.63) is 63.7 Å². The first-order valence-corrected chi connectivity index (χ1v) is 10.8. The van der Waals surface area contributed by atoms with E-state index in [1.54, 1.807) is 32.0 Å². The zero-order chi connectivity index (χ0) is 23.2. The Balaban J connectivity index is 2.01. The molecule has 0 saturated heterocycles. The van der Waals surface area contributed by atoms with Crippen LogP contribution in [0.3, 0.4) is 0 Å². The molecule has 166 valence electrons. The molecular weight excluding hydrogens is 450 g/mol. The number of esters is 1. The summed E-state index contributed by atoms with van der Waals surface area (Å²) in [6.45, 7) is 2.52. The number of nitro benzene ring substituents is 1. The number of carbonyl (C=O) groups excluding carboxylic acids is 2. The van der Waals surface area contributed by atoms with Crippen molar-refractivity contribution < 1.29 is 27.7 Å². The molecule has 12 heteroatoms. The maximum absolute atomic E-state index is 12.5. The van der Waals surface area contributed by atoms with E-state index >= 15 is 0 Å². The fourth-order valence-electron chi connectivity index (χ4n) is 2.45. The van der Waals surface area contributed by atoms with Gasteiger partial charge in [-0.2, -0.15) is 4.72 Å². The van der Waals surface area contributed by atoms with Gasteiger partial charge in [-0.1, -0.05) is 43.6 Å². The van der Waals surface area contributed by atoms with E-state index in [4.69, 9.17) is 16.3 Å². The van der Waals surface area contributed by atoms with Gasteiger partial charge in [-0.15, -0.1) is 0 Å². The molecule has 0 aliphatic carbocycles. The van der Waals surface area contributed by atoms with Crippen molar-refractivity contribution in [3.63, 3.8) is 0 Å². The fraction of sp³-hybridized carbons (Fsp3) is 0.263. The van der Waals surface area contributed by atoms with E-state index < -0.39 is 51.1 Å². The second-order valence-corrected chi connectivity index (χ2v) is 8.86. The number of hydrogen-bond donors (Lipinski definition) is 2. The summed E-state index contributed by atoms with van der Waals surface area (Å²) < 4.78 is 32.2. The smallest absolute Gasteiger partial charge is 0.324 e. The third kappa shape index (κ3) is 6.74. The molecule has 0 heterocycles. The highest BCUT2D eigenvalue weighted by Gasteiger charge is 2.30. The first-order chi connectivity index (χ1) is 14.5. The number of rotatable bonds is 9. The molecule has 2 N–H and O–H groups in total. The van der Waals surface area contributed by atoms with Gasteiger partial charge in [0.15, 0.2) is 6.61 Å². The van der Waals surface area contributed by atoms with Crippen LogP contribution < -0.4 is 10.0 Å². The Morgan fingerprint density at radius 3 is 2.39 bits per heavy atom. The van der Waals surface area contributed by atoms with E-state index in [2.05, 4.69) is 10.0 Å². The molecule has 0 saturated carbocycles. The van der Waals surface area contributed by atoms with E-state index in [1.807, 2.05) is 0 Å². The molecule has 0 aliphatic heterocycles. The summed E-state index contributed by atoms with van der Waals surface area (Å²) in [5, 5.41) is 13.2. The molecule has 2 rings (SSSR count). The lowest BCUT2D eigenvalue weighted by Gasteiger charge is -2.20. The van der Waals surface area contributed by atoms with Crippen molar-refractivity contribution in [2.24, 2.45) is 5.92 Å². The lowest BCUT2D eigenvalue weighted by Crippen LogP contribution is -2.45. The SMILES string of the molecule is CC(C)[C@@H](NS(=O)(=O)c1ccccc1)C(=O)OCC(=O)Nc1ccc(Cl)c([N+](=O)[O-])c1. The second-order valence-electron chi connectivity index (χ2n) is 6.74. The van der Waals surface area contributed by atoms with Gasteiger partial charge in [-0.25, -0.2) is 8.42 Å². The number of amides is 1. The summed E-state index contributed by atoms with van der Waals surface area (Å²) in [4.78, 5) is 34.6. The summed E-state index contributed by atoms with van der Waals surface area (Å²) in [6, 6.07) is 9.93. The van der Waals surface area contributed by atoms with Crippen molar-refractivity contribution in [1.82, 2.24) is 4.72 Å². The first-order valence-electron chi connectivity index (χ1n) is 8.99. The molecule has 1 amide bonds. The minimum Gasteiger partial charge on any atom is -0.454 e. The highest BCUT2D eigenvalue weighted by Crippen LogP contribution is 2.27. The highest BCUT2D eigenvalue weighted by atomic mass is 35.5. The molecule has 0 bridgehead atoms. The minimum atomic E-state index is -3.98. The molecule has 2 aromatic rings. The molecule has 2 aromatic carbocycles. The number of sulfonamides is 1. The Morgan fingerprint density at radius 1 is 1.16 bits per heavy atom. The molecule has 0 spiro atoms. The summed E-state index contributed by atoms with van der Waals surface area (Å²) in [6.07, 6.45) is 0. The van der Waals surface area contributed by atoms with Crippen molar-refractivity contribution in [1.29, 1.82) is 0 Å². The number of ether oxygens (including phenoxy) is 1. The summed E-state index contributed by atoms with van der Waals surface area (Å²) in [5.41, 5.74) is -0.311. The Bertz CT molecular complexity index is 1080. The normalized spacial score (nSPS) is 12.3. The van der Waals surface area contributed by atoms with Crippen LogP contribution in [-0.4, -0.2) is 37.9 Å². The largest absolute Gasteiger partial charge is 0.454 e. The first kappa shape index (κ1) is 24.3. The topological polar surface area (TPSA) is 145 Å². The standard InChI is InChI=1S/C19H20ClN3O7S/c1-12(2)18(22-31(28,29)14-6-4-3-5-7-14)19(25)30-11-17(24)21-13-8-9-15(20)16(10-13)23(26)27/h3-10,12,18,22H,11H2,1-2H3,(H,21,24)/t18-/m1/s1. The van der Waals surface area contributed by atoms with Crippen molar-refractivity contribution in [2.45, 2.75) is 24.8 Å². The van der Waals surface area contributed by atoms with E-state index in [-0.39, 0.29) is 15.6 Å². The lowest BCUT2D eigenvalue weighted by molar-refractivity contribution is -0.384. The average Bonchev–Trinajstić information content (AvgIpc) is 2.72. The molecule has 0 radical (unpaired) electrons. The molecule has 31 heavy (non-hydrogen) atoms. The number of nitrogens with one attached hydrogen (secondary N) is 2. The third-order valence-electron chi connectivity index (χ3n) is 4.03. The number of halogens is 1. The van der Waals surface area contributed by atoms with Crippen molar-refractivity contribution in [2.75, 3.05) is 11.9 Å². The van der Waals surface area contributed by atoms with E-state index in [1.165, 1.54) is 24.3 Å². The fourth-order valence-corrected chi connectivity index (χ4v) is 3.99. The maximum Gasteiger partial charge on any atom is 0.324 e. The van der Waals surface area contributed by atoms with Crippen LogP contribution in [0, 0.1) is 16.0 Å². The number of hydrogen-bond acceptors (Lipinski definition) is 7. The zero-order valence-electron chi connectivity index (χ0n) is 16.6. The molecule has 0 aliphatic rings. The van der Waals surface area contributed by atoms with Gasteiger partial charge >= 0.3 is 5.97 Å². The van der Waals surface area contributed by atoms with E-state index in [0.29, 0.717) is 0 Å². The molecule has 10 nitrogen and oxygen atoms in total. The minimum absolute atomic E-state index is 0.0180. The zero-order valence-corrected chi connectivity index (χ0v) is 18.1. The quantitative estimate of drug-likeness (QED) is 0.326. The van der Waals surface area contributed by atoms with E-state index in [9.17, 15) is 28.1 Å². The Labute approximate surface area is 183 Å². The summed E-state index contributed by atoms with van der Waals surface area (Å²) in [7, 11) is -3.98. The molecule has 1 atom stereocenters. The molecular formula is C19H20ClN3O7S. The van der Waals surface area contributed by atoms with Gasteiger partial charge in [0, 0.05) is 11.8 Å². The van der Waals surface area contributed by atoms with Crippen LogP contribution >= 0.6 is 11.6 Å². The van der Waals surface area contributed by atoms with Crippen molar-refractivity contribution in [3.8, 4) is 0 Å². The van der Waals surface area contributed by atoms with Gasteiger partial charge in [0.25, 0.3) is 11.6 Å². The van der Waals surface area contributed by atoms with Gasteiger partial charge in [-0.05, 0) is 30.2 Å². The van der Waals surface area contributed by atoms with Crippen LogP contribution in [0.15, 0.2) is 53.4 Å². The van der Waals surface area contributed by atoms with Gasteiger partial charge in [-0.3, -0.25) is 19.7 Å². The molecule has 0 fully saturated rings. The van der Waals surface area contributed by atoms with Gasteiger partial charge in [0.1, 0.15) is 11.1 Å². The van der Waals surface area contributed by atoms with Crippen LogP contribution in [-0.2, 0) is 24.3 Å². The number of benzene rings is 2. The molecule has 0 unspecified atom stereocenters. The maximum atomic E-state index is 12.5. The van der Waals surface area contributed by atoms with Crippen LogP contribution in [0.1, 0.15) is 13.8 Å². The van der Waals surface area contributed by atoms with Crippen LogP contribution in [0.5, 0.6) is 0 Å². The predicted octanol–water partition coefficient (Wildman–Crippen LogP) is 2.73. The van der Waals surface area contributed by atoms with Gasteiger partial charge < -0.3 is 10.1 Å². The number of nitrogens with zero attached hydrogens (tertiary/aromatic N) is 1. The van der Waals surface area contributed by atoms with Gasteiger partial charge in [0.05, 0.1) is 9.82 Å². The number of carbonyl (C=O) groups is 2. The predicted molar refractivity (Wildman–Crippen MR) is 113 cm³/mol. The van der Waals surface area contributed by atoms with Crippen molar-refractivity contribution >= 4 is 44.9 Å². The number of nitro groups is 1. The van der Waals surface area contributed by atoms with Crippen LogP contribution in [0.4, 0.5) is 11.4 Å². The molecule has 0 aromatic heterocycles.